The Labute approximate surface area is 104 Å². The molecule has 0 saturated carbocycles. The molecule has 0 aliphatic rings. The summed E-state index contributed by atoms with van der Waals surface area (Å²) < 4.78 is 3.78. The molecule has 0 aromatic carbocycles. The minimum atomic E-state index is -0.107. The van der Waals surface area contributed by atoms with Gasteiger partial charge in [-0.15, -0.1) is 0 Å². The molecule has 92 valence electrons. The molecule has 0 aliphatic carbocycles. The molecule has 2 aromatic heterocycles. The van der Waals surface area contributed by atoms with Gasteiger partial charge < -0.3 is 4.98 Å². The standard InChI is InChI=1S/C11H16N4OS/c1-4-14-6-8-9(13-14)10(16)15(5-7(2)3)11(17)12-8/h6-7H,4-5H2,1-3H3,(H,12,17). The van der Waals surface area contributed by atoms with Crippen LogP contribution in [0, 0.1) is 10.7 Å². The van der Waals surface area contributed by atoms with Crippen molar-refractivity contribution in [3.8, 4) is 0 Å². The highest BCUT2D eigenvalue weighted by Crippen LogP contribution is 2.06. The molecule has 2 heterocycles. The third kappa shape index (κ3) is 2.17. The molecule has 5 nitrogen and oxygen atoms in total. The lowest BCUT2D eigenvalue weighted by atomic mass is 10.2. The first-order chi connectivity index (χ1) is 8.02. The van der Waals surface area contributed by atoms with Crippen LogP contribution in [0.15, 0.2) is 11.0 Å². The number of nitrogens with one attached hydrogen (secondary N) is 1. The van der Waals surface area contributed by atoms with Gasteiger partial charge in [-0.3, -0.25) is 14.0 Å². The summed E-state index contributed by atoms with van der Waals surface area (Å²) in [6, 6.07) is 0. The fourth-order valence-electron chi connectivity index (χ4n) is 1.77. The number of fused-ring (bicyclic) bond motifs is 1. The maximum absolute atomic E-state index is 12.2. The number of H-pyrrole nitrogens is 1. The van der Waals surface area contributed by atoms with Crippen molar-refractivity contribution in [2.24, 2.45) is 5.92 Å². The highest BCUT2D eigenvalue weighted by molar-refractivity contribution is 7.71. The fraction of sp³-hybridized carbons (Fsp3) is 0.545. The van der Waals surface area contributed by atoms with E-state index in [1.807, 2.05) is 13.1 Å². The van der Waals surface area contributed by atoms with E-state index < -0.39 is 0 Å². The van der Waals surface area contributed by atoms with Gasteiger partial charge in [0.25, 0.3) is 5.56 Å². The van der Waals surface area contributed by atoms with Crippen LogP contribution in [0.2, 0.25) is 0 Å². The monoisotopic (exact) mass is 252 g/mol. The smallest absolute Gasteiger partial charge is 0.282 e. The van der Waals surface area contributed by atoms with Crippen LogP contribution < -0.4 is 5.56 Å². The van der Waals surface area contributed by atoms with Crippen LogP contribution in [0.25, 0.3) is 11.0 Å². The molecule has 0 bridgehead atoms. The molecule has 0 unspecified atom stereocenters. The Hall–Kier alpha value is -1.43. The predicted molar refractivity (Wildman–Crippen MR) is 69.7 cm³/mol. The number of hydrogen-bond donors (Lipinski definition) is 1. The maximum Gasteiger partial charge on any atom is 0.282 e. The van der Waals surface area contributed by atoms with E-state index in [0.29, 0.717) is 28.3 Å². The first kappa shape index (κ1) is 12.0. The van der Waals surface area contributed by atoms with Gasteiger partial charge in [0.15, 0.2) is 10.3 Å². The summed E-state index contributed by atoms with van der Waals surface area (Å²) in [5, 5.41) is 4.25. The fourth-order valence-corrected chi connectivity index (χ4v) is 2.03. The van der Waals surface area contributed by atoms with Gasteiger partial charge >= 0.3 is 0 Å². The molecule has 0 spiro atoms. The van der Waals surface area contributed by atoms with E-state index in [-0.39, 0.29) is 5.56 Å². The lowest BCUT2D eigenvalue weighted by Gasteiger charge is -2.07. The third-order valence-electron chi connectivity index (χ3n) is 2.57. The minimum absolute atomic E-state index is 0.107. The first-order valence-corrected chi connectivity index (χ1v) is 6.14. The molecule has 0 saturated heterocycles. The summed E-state index contributed by atoms with van der Waals surface area (Å²) in [6.45, 7) is 7.43. The molecule has 17 heavy (non-hydrogen) atoms. The number of nitrogens with zero attached hydrogens (tertiary/aromatic N) is 3. The van der Waals surface area contributed by atoms with Crippen molar-refractivity contribution in [3.63, 3.8) is 0 Å². The van der Waals surface area contributed by atoms with E-state index in [9.17, 15) is 4.79 Å². The van der Waals surface area contributed by atoms with Crippen molar-refractivity contribution in [2.45, 2.75) is 33.9 Å². The van der Waals surface area contributed by atoms with Crippen molar-refractivity contribution in [1.82, 2.24) is 19.3 Å². The van der Waals surface area contributed by atoms with Gasteiger partial charge in [-0.2, -0.15) is 5.10 Å². The number of aromatic nitrogens is 4. The van der Waals surface area contributed by atoms with Gasteiger partial charge in [0.05, 0.1) is 5.52 Å². The zero-order valence-corrected chi connectivity index (χ0v) is 11.0. The van der Waals surface area contributed by atoms with Crippen LogP contribution in [0.4, 0.5) is 0 Å². The van der Waals surface area contributed by atoms with Crippen LogP contribution in [-0.2, 0) is 13.1 Å². The lowest BCUT2D eigenvalue weighted by molar-refractivity contribution is 0.503. The molecular weight excluding hydrogens is 236 g/mol. The average Bonchev–Trinajstić information content (AvgIpc) is 2.67. The van der Waals surface area contributed by atoms with Crippen molar-refractivity contribution >= 4 is 23.3 Å². The summed E-state index contributed by atoms with van der Waals surface area (Å²) in [7, 11) is 0. The molecule has 0 atom stereocenters. The Balaban J connectivity index is 2.70. The first-order valence-electron chi connectivity index (χ1n) is 5.73. The number of aromatic amines is 1. The quantitative estimate of drug-likeness (QED) is 0.849. The van der Waals surface area contributed by atoms with E-state index in [2.05, 4.69) is 23.9 Å². The van der Waals surface area contributed by atoms with Crippen LogP contribution >= 0.6 is 12.2 Å². The van der Waals surface area contributed by atoms with Crippen molar-refractivity contribution in [3.05, 3.63) is 21.3 Å². The largest absolute Gasteiger partial charge is 0.329 e. The molecule has 0 aliphatic heterocycles. The predicted octanol–water partition coefficient (Wildman–Crippen LogP) is 1.93. The molecular formula is C11H16N4OS. The molecule has 0 fully saturated rings. The molecule has 0 amide bonds. The highest BCUT2D eigenvalue weighted by atomic mass is 32.1. The van der Waals surface area contributed by atoms with E-state index >= 15 is 0 Å². The Morgan fingerprint density at radius 2 is 2.24 bits per heavy atom. The normalized spacial score (nSPS) is 11.5. The van der Waals surface area contributed by atoms with E-state index in [4.69, 9.17) is 12.2 Å². The summed E-state index contributed by atoms with van der Waals surface area (Å²) in [5.74, 6) is 0.369. The van der Waals surface area contributed by atoms with Crippen LogP contribution in [-0.4, -0.2) is 19.3 Å². The topological polar surface area (TPSA) is 55.6 Å². The number of hydrogen-bond acceptors (Lipinski definition) is 3. The molecule has 6 heteroatoms. The van der Waals surface area contributed by atoms with Gasteiger partial charge in [0.2, 0.25) is 0 Å². The number of rotatable bonds is 3. The maximum atomic E-state index is 12.2. The summed E-state index contributed by atoms with van der Waals surface area (Å²) in [4.78, 5) is 15.3. The average molecular weight is 252 g/mol. The van der Waals surface area contributed by atoms with E-state index in [1.54, 1.807) is 9.25 Å². The second-order valence-corrected chi connectivity index (χ2v) is 4.87. The number of aryl methyl sites for hydroxylation is 1. The summed E-state index contributed by atoms with van der Waals surface area (Å²) in [5.41, 5.74) is 1.06. The van der Waals surface area contributed by atoms with E-state index in [0.717, 1.165) is 6.54 Å². The van der Waals surface area contributed by atoms with Crippen LogP contribution in [0.5, 0.6) is 0 Å². The van der Waals surface area contributed by atoms with Crippen molar-refractivity contribution in [2.75, 3.05) is 0 Å². The lowest BCUT2D eigenvalue weighted by Crippen LogP contribution is -2.24. The molecule has 1 N–H and O–H groups in total. The second kappa shape index (κ2) is 4.44. The Bertz CT molecular complexity index is 650. The van der Waals surface area contributed by atoms with Gasteiger partial charge in [-0.05, 0) is 25.1 Å². The Morgan fingerprint density at radius 3 is 2.82 bits per heavy atom. The zero-order valence-electron chi connectivity index (χ0n) is 10.2. The SMILES string of the molecule is CCn1cc2[nH]c(=S)n(CC(C)C)c(=O)c2n1. The van der Waals surface area contributed by atoms with Gasteiger partial charge in [-0.25, -0.2) is 0 Å². The van der Waals surface area contributed by atoms with Crippen molar-refractivity contribution in [1.29, 1.82) is 0 Å². The minimum Gasteiger partial charge on any atom is -0.329 e. The molecule has 2 rings (SSSR count). The van der Waals surface area contributed by atoms with Gasteiger partial charge in [-0.1, -0.05) is 13.8 Å². The summed E-state index contributed by atoms with van der Waals surface area (Å²) >= 11 is 5.20. The highest BCUT2D eigenvalue weighted by Gasteiger charge is 2.10. The molecule has 0 radical (unpaired) electrons. The van der Waals surface area contributed by atoms with Gasteiger partial charge in [0, 0.05) is 19.3 Å². The van der Waals surface area contributed by atoms with Crippen molar-refractivity contribution < 1.29 is 0 Å². The van der Waals surface area contributed by atoms with Crippen LogP contribution in [0.3, 0.4) is 0 Å². The second-order valence-electron chi connectivity index (χ2n) is 4.49. The Kier molecular flexibility index (Phi) is 3.15. The zero-order chi connectivity index (χ0) is 12.6. The summed E-state index contributed by atoms with van der Waals surface area (Å²) in [6.07, 6.45) is 1.81. The third-order valence-corrected chi connectivity index (χ3v) is 2.89. The Morgan fingerprint density at radius 1 is 1.53 bits per heavy atom. The van der Waals surface area contributed by atoms with Crippen LogP contribution in [0.1, 0.15) is 20.8 Å². The van der Waals surface area contributed by atoms with Gasteiger partial charge in [0.1, 0.15) is 0 Å². The van der Waals surface area contributed by atoms with E-state index in [1.165, 1.54) is 0 Å². The molecule has 2 aromatic rings.